The van der Waals surface area contributed by atoms with Gasteiger partial charge in [0.2, 0.25) is 10.0 Å². The number of rotatable bonds is 5. The van der Waals surface area contributed by atoms with Crippen molar-refractivity contribution in [3.63, 3.8) is 0 Å². The van der Waals surface area contributed by atoms with Crippen LogP contribution in [0.25, 0.3) is 0 Å². The van der Waals surface area contributed by atoms with Crippen LogP contribution >= 0.6 is 11.6 Å². The highest BCUT2D eigenvalue weighted by molar-refractivity contribution is 7.89. The van der Waals surface area contributed by atoms with Crippen molar-refractivity contribution in [2.45, 2.75) is 17.9 Å². The molecule has 1 atom stereocenters. The van der Waals surface area contributed by atoms with Crippen molar-refractivity contribution < 1.29 is 23.1 Å². The summed E-state index contributed by atoms with van der Waals surface area (Å²) in [5.74, 6) is -1.97. The van der Waals surface area contributed by atoms with Gasteiger partial charge in [0, 0.05) is 14.1 Å². The van der Waals surface area contributed by atoms with Crippen molar-refractivity contribution in [1.82, 2.24) is 9.62 Å². The Morgan fingerprint density at radius 2 is 1.90 bits per heavy atom. The smallest absolute Gasteiger partial charge is 0.325 e. The van der Waals surface area contributed by atoms with Gasteiger partial charge in [-0.25, -0.2) is 12.7 Å². The van der Waals surface area contributed by atoms with Crippen LogP contribution in [0.5, 0.6) is 0 Å². The number of sulfonamides is 1. The first-order chi connectivity index (χ1) is 9.57. The van der Waals surface area contributed by atoms with Gasteiger partial charge in [0.1, 0.15) is 6.04 Å². The lowest BCUT2D eigenvalue weighted by Gasteiger charge is -2.14. The van der Waals surface area contributed by atoms with Crippen LogP contribution in [0.3, 0.4) is 0 Å². The largest absolute Gasteiger partial charge is 0.480 e. The zero-order chi connectivity index (χ0) is 16.4. The van der Waals surface area contributed by atoms with Crippen molar-refractivity contribution in [2.24, 2.45) is 0 Å². The van der Waals surface area contributed by atoms with Gasteiger partial charge in [-0.3, -0.25) is 9.59 Å². The van der Waals surface area contributed by atoms with Gasteiger partial charge in [-0.05, 0) is 25.1 Å². The third-order valence-corrected chi connectivity index (χ3v) is 4.82. The molecule has 0 heterocycles. The molecule has 0 aliphatic heterocycles. The average Bonchev–Trinajstić information content (AvgIpc) is 2.38. The zero-order valence-corrected chi connectivity index (χ0v) is 13.2. The molecule has 0 saturated carbocycles. The maximum atomic E-state index is 12.0. The molecule has 0 radical (unpaired) electrons. The molecule has 0 bridgehead atoms. The van der Waals surface area contributed by atoms with Gasteiger partial charge >= 0.3 is 5.97 Å². The van der Waals surface area contributed by atoms with E-state index in [4.69, 9.17) is 16.7 Å². The summed E-state index contributed by atoms with van der Waals surface area (Å²) in [5.41, 5.74) is -0.104. The van der Waals surface area contributed by atoms with Crippen LogP contribution in [0.2, 0.25) is 5.02 Å². The fourth-order valence-corrected chi connectivity index (χ4v) is 2.52. The normalized spacial score (nSPS) is 13.0. The second-order valence-electron chi connectivity index (χ2n) is 4.46. The predicted octanol–water partition coefficient (Wildman–Crippen LogP) is 0.793. The minimum Gasteiger partial charge on any atom is -0.480 e. The molecule has 0 aliphatic rings. The number of benzene rings is 1. The van der Waals surface area contributed by atoms with E-state index in [1.54, 1.807) is 0 Å². The first-order valence-electron chi connectivity index (χ1n) is 5.83. The summed E-state index contributed by atoms with van der Waals surface area (Å²) >= 11 is 5.87. The van der Waals surface area contributed by atoms with E-state index in [0.717, 1.165) is 10.4 Å². The first-order valence-corrected chi connectivity index (χ1v) is 7.65. The van der Waals surface area contributed by atoms with Crippen LogP contribution in [0.4, 0.5) is 0 Å². The number of carboxylic acid groups (broad SMARTS) is 1. The van der Waals surface area contributed by atoms with Crippen LogP contribution in [0.1, 0.15) is 17.3 Å². The topological polar surface area (TPSA) is 104 Å². The highest BCUT2D eigenvalue weighted by Gasteiger charge is 2.22. The van der Waals surface area contributed by atoms with Gasteiger partial charge in [-0.2, -0.15) is 0 Å². The lowest BCUT2D eigenvalue weighted by atomic mass is 10.2. The number of aliphatic carboxylic acids is 1. The van der Waals surface area contributed by atoms with Gasteiger partial charge in [-0.1, -0.05) is 11.6 Å². The van der Waals surface area contributed by atoms with Gasteiger partial charge in [0.15, 0.2) is 0 Å². The van der Waals surface area contributed by atoms with Crippen LogP contribution in [-0.2, 0) is 14.8 Å². The summed E-state index contributed by atoms with van der Waals surface area (Å²) in [5, 5.41) is 11.0. The SMILES string of the molecule is CC(NC(=O)c1cc(S(=O)(=O)N(C)C)ccc1Cl)C(=O)O. The molecule has 1 unspecified atom stereocenters. The molecule has 0 aromatic heterocycles. The Labute approximate surface area is 127 Å². The predicted molar refractivity (Wildman–Crippen MR) is 76.9 cm³/mol. The number of hydrogen-bond donors (Lipinski definition) is 2. The summed E-state index contributed by atoms with van der Waals surface area (Å²) in [7, 11) is -1.00. The third-order valence-electron chi connectivity index (χ3n) is 2.68. The van der Waals surface area contributed by atoms with Crippen molar-refractivity contribution in [1.29, 1.82) is 0 Å². The van der Waals surface area contributed by atoms with Gasteiger partial charge in [0.25, 0.3) is 5.91 Å². The van der Waals surface area contributed by atoms with Gasteiger partial charge in [-0.15, -0.1) is 0 Å². The molecule has 9 heteroatoms. The highest BCUT2D eigenvalue weighted by Crippen LogP contribution is 2.22. The molecule has 21 heavy (non-hydrogen) atoms. The van der Waals surface area contributed by atoms with Gasteiger partial charge < -0.3 is 10.4 Å². The summed E-state index contributed by atoms with van der Waals surface area (Å²) in [6.45, 7) is 1.29. The van der Waals surface area contributed by atoms with Crippen LogP contribution in [0.15, 0.2) is 23.1 Å². The Morgan fingerprint density at radius 3 is 2.38 bits per heavy atom. The van der Waals surface area contributed by atoms with E-state index in [2.05, 4.69) is 5.32 Å². The van der Waals surface area contributed by atoms with Gasteiger partial charge in [0.05, 0.1) is 15.5 Å². The molecule has 0 spiro atoms. The molecule has 0 saturated heterocycles. The first kappa shape index (κ1) is 17.4. The fraction of sp³-hybridized carbons (Fsp3) is 0.333. The zero-order valence-electron chi connectivity index (χ0n) is 11.6. The van der Waals surface area contributed by atoms with Crippen LogP contribution < -0.4 is 5.32 Å². The van der Waals surface area contributed by atoms with E-state index in [0.29, 0.717) is 0 Å². The quantitative estimate of drug-likeness (QED) is 0.828. The Balaban J connectivity index is 3.20. The highest BCUT2D eigenvalue weighted by atomic mass is 35.5. The Morgan fingerprint density at radius 1 is 1.33 bits per heavy atom. The number of nitrogens with one attached hydrogen (secondary N) is 1. The average molecular weight is 335 g/mol. The molecule has 1 aromatic rings. The molecule has 1 rings (SSSR count). The summed E-state index contributed by atoms with van der Waals surface area (Å²) in [4.78, 5) is 22.6. The number of halogens is 1. The van der Waals surface area contributed by atoms with Crippen LogP contribution in [0, 0.1) is 0 Å². The maximum absolute atomic E-state index is 12.0. The molecule has 2 N–H and O–H groups in total. The number of amides is 1. The van der Waals surface area contributed by atoms with Crippen molar-refractivity contribution in [3.8, 4) is 0 Å². The number of carbonyl (C=O) groups excluding carboxylic acids is 1. The summed E-state index contributed by atoms with van der Waals surface area (Å²) < 4.78 is 25.0. The molecule has 1 amide bonds. The number of hydrogen-bond acceptors (Lipinski definition) is 4. The summed E-state index contributed by atoms with van der Waals surface area (Å²) in [6, 6.07) is 2.54. The standard InChI is InChI=1S/C12H15ClN2O5S/c1-7(12(17)18)14-11(16)9-6-8(4-5-10(9)13)21(19,20)15(2)3/h4-7H,1-3H3,(H,14,16)(H,17,18). The second kappa shape index (κ2) is 6.42. The van der Waals surface area contributed by atoms with E-state index in [9.17, 15) is 18.0 Å². The lowest BCUT2D eigenvalue weighted by molar-refractivity contribution is -0.138. The molecule has 1 aromatic carbocycles. The lowest BCUT2D eigenvalue weighted by Crippen LogP contribution is -2.38. The Hall–Kier alpha value is -1.64. The molecular weight excluding hydrogens is 320 g/mol. The molecular formula is C12H15ClN2O5S. The van der Waals surface area contributed by atoms with Crippen LogP contribution in [-0.4, -0.2) is 49.8 Å². The molecule has 0 aliphatic carbocycles. The van der Waals surface area contributed by atoms with E-state index in [1.807, 2.05) is 0 Å². The van der Waals surface area contributed by atoms with E-state index in [1.165, 1.54) is 33.2 Å². The minimum absolute atomic E-state index is 0.0304. The molecule has 116 valence electrons. The van der Waals surface area contributed by atoms with Crippen molar-refractivity contribution in [2.75, 3.05) is 14.1 Å². The Kier molecular flexibility index (Phi) is 5.32. The van der Waals surface area contributed by atoms with E-state index in [-0.39, 0.29) is 15.5 Å². The number of carboxylic acids is 1. The number of nitrogens with zero attached hydrogens (tertiary/aromatic N) is 1. The second-order valence-corrected chi connectivity index (χ2v) is 7.02. The molecule has 7 nitrogen and oxygen atoms in total. The van der Waals surface area contributed by atoms with E-state index >= 15 is 0 Å². The van der Waals surface area contributed by atoms with Crippen molar-refractivity contribution >= 4 is 33.5 Å². The van der Waals surface area contributed by atoms with E-state index < -0.39 is 27.9 Å². The number of carbonyl (C=O) groups is 2. The fourth-order valence-electron chi connectivity index (χ4n) is 1.39. The maximum Gasteiger partial charge on any atom is 0.325 e. The van der Waals surface area contributed by atoms with Crippen molar-refractivity contribution in [3.05, 3.63) is 28.8 Å². The molecule has 0 fully saturated rings. The summed E-state index contributed by atoms with van der Waals surface area (Å²) in [6.07, 6.45) is 0. The Bertz CT molecular complexity index is 672. The minimum atomic E-state index is -3.72. The third kappa shape index (κ3) is 3.93. The monoisotopic (exact) mass is 334 g/mol.